The van der Waals surface area contributed by atoms with Gasteiger partial charge in [-0.3, -0.25) is 29.3 Å². The SMILES string of the molecule is CC(=O)N[C@@H](C)C(=O)N1CCC[C@H]1C(=O)N[C@@H](C)C(=O)Nc1ccc([N+](=O)[O-])cc1. The molecule has 1 aliphatic heterocycles. The van der Waals surface area contributed by atoms with Crippen LogP contribution in [0.2, 0.25) is 0 Å². The van der Waals surface area contributed by atoms with Crippen LogP contribution < -0.4 is 16.0 Å². The van der Waals surface area contributed by atoms with Gasteiger partial charge >= 0.3 is 0 Å². The van der Waals surface area contributed by atoms with E-state index >= 15 is 0 Å². The summed E-state index contributed by atoms with van der Waals surface area (Å²) >= 11 is 0. The summed E-state index contributed by atoms with van der Waals surface area (Å²) in [6.45, 7) is 4.75. The van der Waals surface area contributed by atoms with Crippen LogP contribution in [0.25, 0.3) is 0 Å². The van der Waals surface area contributed by atoms with Crippen molar-refractivity contribution in [1.82, 2.24) is 15.5 Å². The van der Waals surface area contributed by atoms with Crippen LogP contribution in [0.15, 0.2) is 24.3 Å². The minimum absolute atomic E-state index is 0.103. The number of carbonyl (C=O) groups is 4. The van der Waals surface area contributed by atoms with E-state index in [9.17, 15) is 29.3 Å². The van der Waals surface area contributed by atoms with E-state index in [1.54, 1.807) is 6.92 Å². The fourth-order valence-corrected chi connectivity index (χ4v) is 3.21. The number of non-ortho nitro benzene ring substituents is 1. The van der Waals surface area contributed by atoms with Crippen LogP contribution in [-0.4, -0.2) is 58.1 Å². The third-order valence-corrected chi connectivity index (χ3v) is 4.73. The molecule has 0 aromatic heterocycles. The van der Waals surface area contributed by atoms with Crippen molar-refractivity contribution < 1.29 is 24.1 Å². The van der Waals surface area contributed by atoms with Crippen molar-refractivity contribution in [2.45, 2.75) is 51.7 Å². The number of hydrogen-bond donors (Lipinski definition) is 3. The first-order valence-corrected chi connectivity index (χ1v) is 9.53. The molecule has 1 fully saturated rings. The van der Waals surface area contributed by atoms with Gasteiger partial charge in [0, 0.05) is 31.3 Å². The Hall–Kier alpha value is -3.50. The molecule has 0 radical (unpaired) electrons. The van der Waals surface area contributed by atoms with Crippen LogP contribution in [0.4, 0.5) is 11.4 Å². The molecular weight excluding hydrogens is 394 g/mol. The van der Waals surface area contributed by atoms with E-state index in [-0.39, 0.29) is 17.5 Å². The average Bonchev–Trinajstić information content (AvgIpc) is 3.17. The maximum Gasteiger partial charge on any atom is 0.269 e. The Bertz CT molecular complexity index is 840. The van der Waals surface area contributed by atoms with Crippen molar-refractivity contribution in [3.8, 4) is 0 Å². The lowest BCUT2D eigenvalue weighted by Crippen LogP contribution is -2.54. The monoisotopic (exact) mass is 419 g/mol. The summed E-state index contributed by atoms with van der Waals surface area (Å²) < 4.78 is 0. The van der Waals surface area contributed by atoms with E-state index < -0.39 is 34.9 Å². The van der Waals surface area contributed by atoms with Gasteiger partial charge in [0.25, 0.3) is 5.69 Å². The Kier molecular flexibility index (Phi) is 7.45. The number of likely N-dealkylation sites (tertiary alicyclic amines) is 1. The molecule has 0 aliphatic carbocycles. The van der Waals surface area contributed by atoms with Crippen LogP contribution >= 0.6 is 0 Å². The largest absolute Gasteiger partial charge is 0.345 e. The molecule has 1 saturated heterocycles. The van der Waals surface area contributed by atoms with Crippen molar-refractivity contribution in [3.63, 3.8) is 0 Å². The predicted octanol–water partition coefficient (Wildman–Crippen LogP) is 0.554. The Labute approximate surface area is 173 Å². The van der Waals surface area contributed by atoms with Crippen LogP contribution in [-0.2, 0) is 19.2 Å². The standard InChI is InChI=1S/C19H25N5O6/c1-11(17(26)22-14-6-8-15(9-7-14)24(29)30)21-18(27)16-5-4-10-23(16)19(28)12(2)20-13(3)25/h6-9,11-12,16H,4-5,10H2,1-3H3,(H,20,25)(H,21,27)(H,22,26)/t11-,12-,16-/m0/s1. The number of hydrogen-bond acceptors (Lipinski definition) is 6. The first kappa shape index (κ1) is 22.8. The van der Waals surface area contributed by atoms with Crippen molar-refractivity contribution in [3.05, 3.63) is 34.4 Å². The van der Waals surface area contributed by atoms with E-state index in [0.29, 0.717) is 25.1 Å². The van der Waals surface area contributed by atoms with Crippen molar-refractivity contribution in [1.29, 1.82) is 0 Å². The Morgan fingerprint density at radius 3 is 2.30 bits per heavy atom. The lowest BCUT2D eigenvalue weighted by atomic mass is 10.1. The van der Waals surface area contributed by atoms with Gasteiger partial charge in [0.05, 0.1) is 4.92 Å². The van der Waals surface area contributed by atoms with Gasteiger partial charge < -0.3 is 20.9 Å². The number of nitro groups is 1. The van der Waals surface area contributed by atoms with Gasteiger partial charge in [0.15, 0.2) is 0 Å². The molecule has 0 bridgehead atoms. The maximum atomic E-state index is 12.6. The zero-order chi connectivity index (χ0) is 22.4. The number of carbonyl (C=O) groups excluding carboxylic acids is 4. The highest BCUT2D eigenvalue weighted by Gasteiger charge is 2.37. The number of nitro benzene ring substituents is 1. The molecule has 1 aromatic rings. The molecule has 0 saturated carbocycles. The van der Waals surface area contributed by atoms with E-state index in [4.69, 9.17) is 0 Å². The highest BCUT2D eigenvalue weighted by molar-refractivity contribution is 5.98. The zero-order valence-electron chi connectivity index (χ0n) is 17.0. The second kappa shape index (κ2) is 9.81. The van der Waals surface area contributed by atoms with Crippen molar-refractivity contribution in [2.24, 2.45) is 0 Å². The number of anilines is 1. The van der Waals surface area contributed by atoms with E-state index in [0.717, 1.165) is 0 Å². The summed E-state index contributed by atoms with van der Waals surface area (Å²) in [6, 6.07) is 2.95. The molecule has 0 unspecified atom stereocenters. The van der Waals surface area contributed by atoms with E-state index in [1.807, 2.05) is 0 Å². The third-order valence-electron chi connectivity index (χ3n) is 4.73. The lowest BCUT2D eigenvalue weighted by molar-refractivity contribution is -0.384. The van der Waals surface area contributed by atoms with Gasteiger partial charge in [-0.05, 0) is 38.8 Å². The molecule has 11 heteroatoms. The topological polar surface area (TPSA) is 151 Å². The predicted molar refractivity (Wildman–Crippen MR) is 107 cm³/mol. The molecule has 0 spiro atoms. The van der Waals surface area contributed by atoms with E-state index in [1.165, 1.54) is 43.0 Å². The van der Waals surface area contributed by atoms with Crippen LogP contribution in [0, 0.1) is 10.1 Å². The number of nitrogens with one attached hydrogen (secondary N) is 3. The number of amides is 4. The summed E-state index contributed by atoms with van der Waals surface area (Å²) in [4.78, 5) is 60.2. The molecule has 3 atom stereocenters. The molecule has 11 nitrogen and oxygen atoms in total. The molecule has 1 aliphatic rings. The fourth-order valence-electron chi connectivity index (χ4n) is 3.21. The second-order valence-electron chi connectivity index (χ2n) is 7.14. The first-order valence-electron chi connectivity index (χ1n) is 9.53. The van der Waals surface area contributed by atoms with Crippen LogP contribution in [0.5, 0.6) is 0 Å². The van der Waals surface area contributed by atoms with Gasteiger partial charge in [-0.25, -0.2) is 0 Å². The smallest absolute Gasteiger partial charge is 0.269 e. The summed E-state index contributed by atoms with van der Waals surface area (Å²) in [6.07, 6.45) is 1.10. The van der Waals surface area contributed by atoms with Gasteiger partial charge in [-0.15, -0.1) is 0 Å². The normalized spacial score (nSPS) is 17.6. The molecule has 3 N–H and O–H groups in total. The molecule has 4 amide bonds. The quantitative estimate of drug-likeness (QED) is 0.434. The summed E-state index contributed by atoms with van der Waals surface area (Å²) in [5, 5.41) is 18.4. The highest BCUT2D eigenvalue weighted by Crippen LogP contribution is 2.19. The Balaban J connectivity index is 1.94. The number of rotatable bonds is 7. The highest BCUT2D eigenvalue weighted by atomic mass is 16.6. The Morgan fingerprint density at radius 2 is 1.73 bits per heavy atom. The molecule has 1 aromatic carbocycles. The number of benzene rings is 1. The molecule has 30 heavy (non-hydrogen) atoms. The fraction of sp³-hybridized carbons (Fsp3) is 0.474. The minimum Gasteiger partial charge on any atom is -0.345 e. The van der Waals surface area contributed by atoms with Gasteiger partial charge in [-0.1, -0.05) is 0 Å². The van der Waals surface area contributed by atoms with Crippen molar-refractivity contribution >= 4 is 35.0 Å². The molecule has 2 rings (SSSR count). The first-order chi connectivity index (χ1) is 14.1. The van der Waals surface area contributed by atoms with Crippen molar-refractivity contribution in [2.75, 3.05) is 11.9 Å². The zero-order valence-corrected chi connectivity index (χ0v) is 17.0. The number of nitrogens with zero attached hydrogens (tertiary/aromatic N) is 2. The Morgan fingerprint density at radius 1 is 1.10 bits per heavy atom. The molecule has 1 heterocycles. The van der Waals surface area contributed by atoms with Gasteiger partial charge in [-0.2, -0.15) is 0 Å². The van der Waals surface area contributed by atoms with Crippen LogP contribution in [0.3, 0.4) is 0 Å². The molecular formula is C19H25N5O6. The van der Waals surface area contributed by atoms with Gasteiger partial charge in [0.2, 0.25) is 23.6 Å². The minimum atomic E-state index is -0.891. The summed E-state index contributed by atoms with van der Waals surface area (Å²) in [7, 11) is 0. The third kappa shape index (κ3) is 5.75. The summed E-state index contributed by atoms with van der Waals surface area (Å²) in [5.41, 5.74) is 0.252. The second-order valence-corrected chi connectivity index (χ2v) is 7.14. The maximum absolute atomic E-state index is 12.6. The summed E-state index contributed by atoms with van der Waals surface area (Å²) in [5.74, 6) is -1.65. The van der Waals surface area contributed by atoms with Gasteiger partial charge in [0.1, 0.15) is 18.1 Å². The van der Waals surface area contributed by atoms with E-state index in [2.05, 4.69) is 16.0 Å². The molecule has 162 valence electrons. The van der Waals surface area contributed by atoms with Crippen LogP contribution in [0.1, 0.15) is 33.6 Å². The average molecular weight is 419 g/mol. The lowest BCUT2D eigenvalue weighted by Gasteiger charge is -2.27.